The second-order valence-corrected chi connectivity index (χ2v) is 8.09. The van der Waals surface area contributed by atoms with Gasteiger partial charge in [-0.15, -0.1) is 12.4 Å². The summed E-state index contributed by atoms with van der Waals surface area (Å²) in [4.78, 5) is 1.46. The topological polar surface area (TPSA) is 40.6 Å². The molecule has 0 heterocycles. The van der Waals surface area contributed by atoms with Crippen molar-refractivity contribution >= 4 is 22.4 Å². The van der Waals surface area contributed by atoms with E-state index in [1.807, 2.05) is 11.0 Å². The van der Waals surface area contributed by atoms with E-state index in [0.29, 0.717) is 12.6 Å². The van der Waals surface area contributed by atoms with Crippen molar-refractivity contribution in [3.05, 3.63) is 65.7 Å². The molecule has 0 aliphatic heterocycles. The van der Waals surface area contributed by atoms with E-state index in [0.717, 1.165) is 17.7 Å². The first-order chi connectivity index (χ1) is 12.1. The van der Waals surface area contributed by atoms with E-state index in [-0.39, 0.29) is 30.4 Å². The van der Waals surface area contributed by atoms with Gasteiger partial charge in [0.2, 0.25) is 10.0 Å². The van der Waals surface area contributed by atoms with E-state index >= 15 is 0 Å². The first-order valence-corrected chi connectivity index (χ1v) is 9.41. The standard InChI is InChI=1S/C18H21F3N2O2S.ClH/c1-22(2)11-12-23(14-15-7-4-3-5-8-15)26(24,25)17-10-6-9-16(13-17)18(19,20)21;/h3-10,13H,11-12,14H2,1-2H3;1H. The van der Waals surface area contributed by atoms with Crippen LogP contribution in [0.25, 0.3) is 0 Å². The summed E-state index contributed by atoms with van der Waals surface area (Å²) >= 11 is 0. The maximum atomic E-state index is 13.0. The highest BCUT2D eigenvalue weighted by Gasteiger charge is 2.33. The van der Waals surface area contributed by atoms with Gasteiger partial charge < -0.3 is 4.90 Å². The van der Waals surface area contributed by atoms with Crippen molar-refractivity contribution < 1.29 is 21.6 Å². The van der Waals surface area contributed by atoms with E-state index in [4.69, 9.17) is 0 Å². The van der Waals surface area contributed by atoms with E-state index in [2.05, 4.69) is 0 Å². The molecule has 0 saturated carbocycles. The Balaban J connectivity index is 0.00000364. The maximum Gasteiger partial charge on any atom is 0.416 e. The van der Waals surface area contributed by atoms with Gasteiger partial charge in [0.1, 0.15) is 0 Å². The molecule has 0 saturated heterocycles. The highest BCUT2D eigenvalue weighted by atomic mass is 35.5. The Morgan fingerprint density at radius 2 is 1.56 bits per heavy atom. The van der Waals surface area contributed by atoms with Crippen LogP contribution in [0.15, 0.2) is 59.5 Å². The van der Waals surface area contributed by atoms with Crippen LogP contribution < -0.4 is 0 Å². The van der Waals surface area contributed by atoms with Gasteiger partial charge in [0, 0.05) is 19.6 Å². The van der Waals surface area contributed by atoms with Crippen molar-refractivity contribution in [1.82, 2.24) is 9.21 Å². The zero-order chi connectivity index (χ0) is 19.4. The van der Waals surface area contributed by atoms with Crippen LogP contribution in [-0.4, -0.2) is 44.8 Å². The molecule has 0 radical (unpaired) electrons. The third-order valence-electron chi connectivity index (χ3n) is 3.80. The Labute approximate surface area is 164 Å². The van der Waals surface area contributed by atoms with Crippen molar-refractivity contribution in [3.63, 3.8) is 0 Å². The average molecular weight is 423 g/mol. The largest absolute Gasteiger partial charge is 0.416 e. The summed E-state index contributed by atoms with van der Waals surface area (Å²) in [6.45, 7) is 0.707. The first-order valence-electron chi connectivity index (χ1n) is 7.97. The average Bonchev–Trinajstić information content (AvgIpc) is 2.58. The number of likely N-dealkylation sites (N-methyl/N-ethyl adjacent to an activating group) is 1. The van der Waals surface area contributed by atoms with Gasteiger partial charge in [-0.3, -0.25) is 0 Å². The quantitative estimate of drug-likeness (QED) is 0.680. The molecule has 4 nitrogen and oxygen atoms in total. The number of nitrogens with zero attached hydrogens (tertiary/aromatic N) is 2. The lowest BCUT2D eigenvalue weighted by Gasteiger charge is -2.24. The third-order valence-corrected chi connectivity index (χ3v) is 5.64. The second-order valence-electron chi connectivity index (χ2n) is 6.15. The Hall–Kier alpha value is -1.61. The Bertz CT molecular complexity index is 828. The first kappa shape index (κ1) is 23.4. The fourth-order valence-corrected chi connectivity index (χ4v) is 3.83. The molecule has 0 unspecified atom stereocenters. The minimum Gasteiger partial charge on any atom is -0.308 e. The lowest BCUT2D eigenvalue weighted by atomic mass is 10.2. The SMILES string of the molecule is CN(C)CCN(Cc1ccccc1)S(=O)(=O)c1cccc(C(F)(F)F)c1.Cl. The summed E-state index contributed by atoms with van der Waals surface area (Å²) < 4.78 is 66.0. The molecule has 2 aromatic carbocycles. The number of hydrogen-bond donors (Lipinski definition) is 0. The molecule has 0 amide bonds. The second kappa shape index (κ2) is 9.54. The van der Waals surface area contributed by atoms with Crippen molar-refractivity contribution in [3.8, 4) is 0 Å². The van der Waals surface area contributed by atoms with Gasteiger partial charge in [-0.1, -0.05) is 36.4 Å². The molecule has 2 rings (SSSR count). The molecule has 0 aliphatic rings. The third kappa shape index (κ3) is 6.49. The lowest BCUT2D eigenvalue weighted by Crippen LogP contribution is -2.36. The van der Waals surface area contributed by atoms with Crippen molar-refractivity contribution in [2.24, 2.45) is 0 Å². The van der Waals surface area contributed by atoms with Crippen LogP contribution in [0.2, 0.25) is 0 Å². The predicted molar refractivity (Wildman–Crippen MR) is 101 cm³/mol. The van der Waals surface area contributed by atoms with Crippen LogP contribution in [0.4, 0.5) is 13.2 Å². The molecule has 150 valence electrons. The monoisotopic (exact) mass is 422 g/mol. The molecular weight excluding hydrogens is 401 g/mol. The fourth-order valence-electron chi connectivity index (χ4n) is 2.36. The summed E-state index contributed by atoms with van der Waals surface area (Å²) in [5, 5.41) is 0. The molecule has 0 aliphatic carbocycles. The van der Waals surface area contributed by atoms with Crippen LogP contribution in [0, 0.1) is 0 Å². The number of alkyl halides is 3. The van der Waals surface area contributed by atoms with E-state index in [1.165, 1.54) is 10.4 Å². The molecular formula is C18H22ClF3N2O2S. The molecule has 2 aromatic rings. The summed E-state index contributed by atoms with van der Waals surface area (Å²) in [5.74, 6) is 0. The molecule has 9 heteroatoms. The van der Waals surface area contributed by atoms with Crippen LogP contribution in [0.5, 0.6) is 0 Å². The highest BCUT2D eigenvalue weighted by molar-refractivity contribution is 7.89. The predicted octanol–water partition coefficient (Wildman–Crippen LogP) is 3.88. The van der Waals surface area contributed by atoms with Gasteiger partial charge in [0.15, 0.2) is 0 Å². The van der Waals surface area contributed by atoms with Crippen LogP contribution >= 0.6 is 12.4 Å². The van der Waals surface area contributed by atoms with E-state index in [1.54, 1.807) is 38.4 Å². The molecule has 0 N–H and O–H groups in total. The Kier molecular flexibility index (Phi) is 8.28. The van der Waals surface area contributed by atoms with E-state index in [9.17, 15) is 21.6 Å². The fraction of sp³-hybridized carbons (Fsp3) is 0.333. The molecule has 0 atom stereocenters. The lowest BCUT2D eigenvalue weighted by molar-refractivity contribution is -0.137. The van der Waals surface area contributed by atoms with Crippen LogP contribution in [0.1, 0.15) is 11.1 Å². The van der Waals surface area contributed by atoms with Gasteiger partial charge in [-0.05, 0) is 37.9 Å². The van der Waals surface area contributed by atoms with Crippen molar-refractivity contribution in [2.45, 2.75) is 17.6 Å². The molecule has 27 heavy (non-hydrogen) atoms. The van der Waals surface area contributed by atoms with Gasteiger partial charge in [-0.25, -0.2) is 8.42 Å². The summed E-state index contributed by atoms with van der Waals surface area (Å²) in [5.41, 5.74) is -0.215. The van der Waals surface area contributed by atoms with Gasteiger partial charge in [0.25, 0.3) is 0 Å². The minimum atomic E-state index is -4.60. The zero-order valence-corrected chi connectivity index (χ0v) is 16.6. The molecule has 0 spiro atoms. The van der Waals surface area contributed by atoms with Gasteiger partial charge >= 0.3 is 6.18 Å². The maximum absolute atomic E-state index is 13.0. The van der Waals surface area contributed by atoms with Crippen molar-refractivity contribution in [1.29, 1.82) is 0 Å². The van der Waals surface area contributed by atoms with Crippen LogP contribution in [0.3, 0.4) is 0 Å². The Morgan fingerprint density at radius 1 is 0.926 bits per heavy atom. The highest BCUT2D eigenvalue weighted by Crippen LogP contribution is 2.31. The van der Waals surface area contributed by atoms with Crippen LogP contribution in [-0.2, 0) is 22.7 Å². The Morgan fingerprint density at radius 3 is 2.11 bits per heavy atom. The summed E-state index contributed by atoms with van der Waals surface area (Å²) in [7, 11) is -0.465. The number of benzene rings is 2. The minimum absolute atomic E-state index is 0. The molecule has 0 aromatic heterocycles. The summed E-state index contributed by atoms with van der Waals surface area (Å²) in [6.07, 6.45) is -4.60. The van der Waals surface area contributed by atoms with Gasteiger partial charge in [0.05, 0.1) is 10.5 Å². The number of hydrogen-bond acceptors (Lipinski definition) is 3. The molecule has 0 fully saturated rings. The number of sulfonamides is 1. The smallest absolute Gasteiger partial charge is 0.308 e. The molecule has 0 bridgehead atoms. The zero-order valence-electron chi connectivity index (χ0n) is 15.0. The summed E-state index contributed by atoms with van der Waals surface area (Å²) in [6, 6.07) is 12.8. The van der Waals surface area contributed by atoms with E-state index < -0.39 is 21.8 Å². The normalized spacial score (nSPS) is 12.3. The number of rotatable bonds is 7. The number of halogens is 4. The van der Waals surface area contributed by atoms with Crippen molar-refractivity contribution in [2.75, 3.05) is 27.2 Å². The van der Waals surface area contributed by atoms with Gasteiger partial charge in [-0.2, -0.15) is 17.5 Å².